The molecule has 2 heteroatoms. The minimum Gasteiger partial charge on any atom is -0.309 e. The van der Waals surface area contributed by atoms with Crippen molar-refractivity contribution in [2.75, 3.05) is 19.6 Å². The lowest BCUT2D eigenvalue weighted by atomic mass is 10.00. The van der Waals surface area contributed by atoms with Crippen LogP contribution in [0.15, 0.2) is 18.2 Å². The largest absolute Gasteiger partial charge is 0.309 e. The first-order valence-corrected chi connectivity index (χ1v) is 6.50. The molecule has 0 atom stereocenters. The van der Waals surface area contributed by atoms with Gasteiger partial charge in [0.25, 0.3) is 0 Å². The zero-order valence-corrected chi connectivity index (χ0v) is 11.5. The summed E-state index contributed by atoms with van der Waals surface area (Å²) in [7, 11) is 0. The molecule has 17 heavy (non-hydrogen) atoms. The van der Waals surface area contributed by atoms with Crippen molar-refractivity contribution in [2.24, 2.45) is 0 Å². The molecule has 1 aliphatic heterocycles. The van der Waals surface area contributed by atoms with Gasteiger partial charge in [-0.25, -0.2) is 0 Å². The molecule has 1 aliphatic rings. The van der Waals surface area contributed by atoms with Crippen LogP contribution in [0.4, 0.5) is 0 Å². The first kappa shape index (κ1) is 12.6. The van der Waals surface area contributed by atoms with Gasteiger partial charge in [0.05, 0.1) is 0 Å². The van der Waals surface area contributed by atoms with Crippen LogP contribution < -0.4 is 5.32 Å². The number of nitrogens with zero attached hydrogens (tertiary/aromatic N) is 1. The maximum Gasteiger partial charge on any atom is 0.0252 e. The van der Waals surface area contributed by atoms with Crippen LogP contribution in [0.1, 0.15) is 30.5 Å². The van der Waals surface area contributed by atoms with Gasteiger partial charge in [-0.1, -0.05) is 23.8 Å². The number of rotatable bonds is 2. The molecule has 1 fully saturated rings. The lowest BCUT2D eigenvalue weighted by molar-refractivity contribution is 0.148. The molecule has 2 nitrogen and oxygen atoms in total. The lowest BCUT2D eigenvalue weighted by Gasteiger charge is -2.39. The van der Waals surface area contributed by atoms with E-state index in [-0.39, 0.29) is 5.54 Å². The number of benzene rings is 1. The summed E-state index contributed by atoms with van der Waals surface area (Å²) in [6.07, 6.45) is 0. The molecule has 0 bridgehead atoms. The van der Waals surface area contributed by atoms with Gasteiger partial charge in [0.15, 0.2) is 0 Å². The minimum atomic E-state index is 0.246. The van der Waals surface area contributed by atoms with E-state index in [1.165, 1.54) is 16.7 Å². The van der Waals surface area contributed by atoms with E-state index in [2.05, 4.69) is 56.1 Å². The van der Waals surface area contributed by atoms with Crippen LogP contribution in [0.25, 0.3) is 0 Å². The molecule has 1 aromatic carbocycles. The summed E-state index contributed by atoms with van der Waals surface area (Å²) in [5, 5.41) is 3.56. The third-order valence-corrected chi connectivity index (χ3v) is 3.55. The Labute approximate surface area is 105 Å². The Morgan fingerprint density at radius 2 is 2.06 bits per heavy atom. The third kappa shape index (κ3) is 3.30. The van der Waals surface area contributed by atoms with Crippen LogP contribution in [0.2, 0.25) is 0 Å². The number of hydrogen-bond acceptors (Lipinski definition) is 2. The molecule has 94 valence electrons. The summed E-state index contributed by atoms with van der Waals surface area (Å²) in [6, 6.07) is 6.75. The van der Waals surface area contributed by atoms with Gasteiger partial charge in [0, 0.05) is 31.7 Å². The predicted octanol–water partition coefficient (Wildman–Crippen LogP) is 2.49. The minimum absolute atomic E-state index is 0.246. The van der Waals surface area contributed by atoms with Gasteiger partial charge in [-0.15, -0.1) is 0 Å². The van der Waals surface area contributed by atoms with E-state index in [9.17, 15) is 0 Å². The summed E-state index contributed by atoms with van der Waals surface area (Å²) < 4.78 is 0. The molecule has 1 aromatic rings. The molecule has 0 aliphatic carbocycles. The second-order valence-electron chi connectivity index (χ2n) is 5.95. The van der Waals surface area contributed by atoms with Gasteiger partial charge in [0.1, 0.15) is 0 Å². The van der Waals surface area contributed by atoms with Crippen molar-refractivity contribution in [1.29, 1.82) is 0 Å². The fourth-order valence-electron chi connectivity index (χ4n) is 2.59. The standard InChI is InChI=1S/C15H24N2/c1-12-5-6-13(2)14(9-12)10-17-8-7-16-15(3,4)11-17/h5-6,9,16H,7-8,10-11H2,1-4H3. The van der Waals surface area contributed by atoms with Crippen LogP contribution in [0, 0.1) is 13.8 Å². The van der Waals surface area contributed by atoms with Crippen LogP contribution in [0.3, 0.4) is 0 Å². The van der Waals surface area contributed by atoms with Gasteiger partial charge in [-0.2, -0.15) is 0 Å². The van der Waals surface area contributed by atoms with E-state index in [1.54, 1.807) is 0 Å². The zero-order valence-electron chi connectivity index (χ0n) is 11.5. The molecular weight excluding hydrogens is 208 g/mol. The highest BCUT2D eigenvalue weighted by Crippen LogP contribution is 2.17. The molecule has 0 saturated carbocycles. The number of nitrogens with one attached hydrogen (secondary N) is 1. The SMILES string of the molecule is Cc1ccc(C)c(CN2CCNC(C)(C)C2)c1. The second kappa shape index (κ2) is 4.79. The van der Waals surface area contributed by atoms with E-state index in [1.807, 2.05) is 0 Å². The molecule has 1 heterocycles. The highest BCUT2D eigenvalue weighted by molar-refractivity contribution is 5.30. The van der Waals surface area contributed by atoms with Gasteiger partial charge in [-0.05, 0) is 38.8 Å². The summed E-state index contributed by atoms with van der Waals surface area (Å²) in [5.41, 5.74) is 4.49. The van der Waals surface area contributed by atoms with Crippen molar-refractivity contribution < 1.29 is 0 Å². The topological polar surface area (TPSA) is 15.3 Å². The molecule has 2 rings (SSSR count). The highest BCUT2D eigenvalue weighted by atomic mass is 15.2. The predicted molar refractivity (Wildman–Crippen MR) is 73.3 cm³/mol. The average molecular weight is 232 g/mol. The van der Waals surface area contributed by atoms with E-state index < -0.39 is 0 Å². The quantitative estimate of drug-likeness (QED) is 0.843. The zero-order chi connectivity index (χ0) is 12.5. The second-order valence-corrected chi connectivity index (χ2v) is 5.95. The monoisotopic (exact) mass is 232 g/mol. The molecule has 0 radical (unpaired) electrons. The van der Waals surface area contributed by atoms with E-state index in [0.29, 0.717) is 0 Å². The first-order chi connectivity index (χ1) is 7.96. The molecule has 1 saturated heterocycles. The Bertz CT molecular complexity index is 396. The smallest absolute Gasteiger partial charge is 0.0252 e. The van der Waals surface area contributed by atoms with E-state index in [0.717, 1.165) is 26.2 Å². The Hall–Kier alpha value is -0.860. The van der Waals surface area contributed by atoms with Crippen molar-refractivity contribution in [3.63, 3.8) is 0 Å². The summed E-state index contributed by atoms with van der Waals surface area (Å²) in [4.78, 5) is 2.55. The number of aryl methyl sites for hydroxylation is 2. The van der Waals surface area contributed by atoms with Crippen molar-refractivity contribution in [2.45, 2.75) is 39.8 Å². The van der Waals surface area contributed by atoms with Crippen molar-refractivity contribution in [1.82, 2.24) is 10.2 Å². The summed E-state index contributed by atoms with van der Waals surface area (Å²) >= 11 is 0. The fourth-order valence-corrected chi connectivity index (χ4v) is 2.59. The van der Waals surface area contributed by atoms with Crippen LogP contribution in [-0.4, -0.2) is 30.1 Å². The van der Waals surface area contributed by atoms with Crippen molar-refractivity contribution in [3.05, 3.63) is 34.9 Å². The molecule has 0 amide bonds. The van der Waals surface area contributed by atoms with Gasteiger partial charge < -0.3 is 5.32 Å². The highest BCUT2D eigenvalue weighted by Gasteiger charge is 2.25. The number of piperazine rings is 1. The van der Waals surface area contributed by atoms with Gasteiger partial charge in [0.2, 0.25) is 0 Å². The maximum atomic E-state index is 3.56. The van der Waals surface area contributed by atoms with Crippen LogP contribution >= 0.6 is 0 Å². The van der Waals surface area contributed by atoms with Crippen LogP contribution in [-0.2, 0) is 6.54 Å². The lowest BCUT2D eigenvalue weighted by Crippen LogP contribution is -2.56. The summed E-state index contributed by atoms with van der Waals surface area (Å²) in [6.45, 7) is 13.4. The van der Waals surface area contributed by atoms with E-state index >= 15 is 0 Å². The normalized spacial score (nSPS) is 20.5. The van der Waals surface area contributed by atoms with Crippen LogP contribution in [0.5, 0.6) is 0 Å². The summed E-state index contributed by atoms with van der Waals surface area (Å²) in [5.74, 6) is 0. The maximum absolute atomic E-state index is 3.56. The number of hydrogen-bond donors (Lipinski definition) is 1. The van der Waals surface area contributed by atoms with Gasteiger partial charge in [-0.3, -0.25) is 4.90 Å². The molecular formula is C15H24N2. The first-order valence-electron chi connectivity index (χ1n) is 6.50. The molecule has 0 unspecified atom stereocenters. The molecule has 1 N–H and O–H groups in total. The molecule has 0 spiro atoms. The third-order valence-electron chi connectivity index (χ3n) is 3.55. The Morgan fingerprint density at radius 1 is 1.29 bits per heavy atom. The van der Waals surface area contributed by atoms with E-state index in [4.69, 9.17) is 0 Å². The average Bonchev–Trinajstić information content (AvgIpc) is 2.22. The molecule has 0 aromatic heterocycles. The Balaban J connectivity index is 2.07. The van der Waals surface area contributed by atoms with Gasteiger partial charge >= 0.3 is 0 Å². The Kier molecular flexibility index (Phi) is 3.55. The fraction of sp³-hybridized carbons (Fsp3) is 0.600. The van der Waals surface area contributed by atoms with Crippen molar-refractivity contribution in [3.8, 4) is 0 Å². The Morgan fingerprint density at radius 3 is 2.76 bits per heavy atom. The van der Waals surface area contributed by atoms with Crippen molar-refractivity contribution >= 4 is 0 Å².